The summed E-state index contributed by atoms with van der Waals surface area (Å²) in [6, 6.07) is 20.8. The molecule has 3 aromatic carbocycles. The van der Waals surface area contributed by atoms with Crippen LogP contribution in [0.2, 0.25) is 5.02 Å². The Kier molecular flexibility index (Phi) is 5.96. The number of para-hydroxylation sites is 2. The van der Waals surface area contributed by atoms with Gasteiger partial charge in [-0.25, -0.2) is 4.98 Å². The van der Waals surface area contributed by atoms with E-state index in [4.69, 9.17) is 16.6 Å². The van der Waals surface area contributed by atoms with E-state index in [1.165, 1.54) is 17.3 Å². The van der Waals surface area contributed by atoms with Gasteiger partial charge < -0.3 is 4.90 Å². The predicted molar refractivity (Wildman–Crippen MR) is 135 cm³/mol. The van der Waals surface area contributed by atoms with Gasteiger partial charge in [0.1, 0.15) is 0 Å². The lowest BCUT2D eigenvalue weighted by atomic mass is 10.0. The molecule has 0 unspecified atom stereocenters. The molecule has 166 valence electrons. The Labute approximate surface area is 201 Å². The molecule has 2 heterocycles. The lowest BCUT2D eigenvalue weighted by molar-refractivity contribution is -0.116. The number of anilines is 1. The summed E-state index contributed by atoms with van der Waals surface area (Å²) in [7, 11) is 0. The highest BCUT2D eigenvalue weighted by atomic mass is 35.5. The maximum Gasteiger partial charge on any atom is 0.266 e. The Morgan fingerprint density at radius 3 is 2.73 bits per heavy atom. The topological polar surface area (TPSA) is 55.2 Å². The van der Waals surface area contributed by atoms with Crippen molar-refractivity contribution in [2.45, 2.75) is 24.9 Å². The van der Waals surface area contributed by atoms with Crippen LogP contribution in [0.5, 0.6) is 0 Å². The second-order valence-corrected chi connectivity index (χ2v) is 9.40. The standard InChI is InChI=1S/C26H22ClN3O2S/c1-17-12-13-19(15-21(17)27)30-25(32)20-9-3-4-10-22(20)28-26(30)33-16-24(31)29-14-6-8-18-7-2-5-11-23(18)29/h2-5,7,9-13,15H,6,8,14,16H2,1H3. The number of aryl methyl sites for hydroxylation is 2. The highest BCUT2D eigenvalue weighted by molar-refractivity contribution is 7.99. The lowest BCUT2D eigenvalue weighted by Crippen LogP contribution is -2.36. The molecule has 0 bridgehead atoms. The zero-order valence-electron chi connectivity index (χ0n) is 18.1. The van der Waals surface area contributed by atoms with Gasteiger partial charge in [-0.2, -0.15) is 0 Å². The van der Waals surface area contributed by atoms with Crippen LogP contribution in [0, 0.1) is 6.92 Å². The molecule has 0 N–H and O–H groups in total. The molecule has 4 aromatic rings. The summed E-state index contributed by atoms with van der Waals surface area (Å²) in [6.07, 6.45) is 1.92. The number of amides is 1. The SMILES string of the molecule is Cc1ccc(-n2c(SCC(=O)N3CCCc4ccccc43)nc3ccccc3c2=O)cc1Cl. The van der Waals surface area contributed by atoms with Gasteiger partial charge in [-0.3, -0.25) is 14.2 Å². The molecule has 1 amide bonds. The predicted octanol–water partition coefficient (Wildman–Crippen LogP) is 5.42. The zero-order valence-corrected chi connectivity index (χ0v) is 19.7. The van der Waals surface area contributed by atoms with Crippen molar-refractivity contribution < 1.29 is 4.79 Å². The summed E-state index contributed by atoms with van der Waals surface area (Å²) in [6.45, 7) is 2.61. The van der Waals surface area contributed by atoms with Crippen LogP contribution in [-0.4, -0.2) is 27.8 Å². The van der Waals surface area contributed by atoms with Gasteiger partial charge in [0, 0.05) is 17.3 Å². The molecule has 1 aliphatic rings. The second kappa shape index (κ2) is 9.04. The van der Waals surface area contributed by atoms with Crippen LogP contribution in [0.4, 0.5) is 5.69 Å². The Balaban J connectivity index is 1.52. The number of nitrogens with zero attached hydrogens (tertiary/aromatic N) is 3. The summed E-state index contributed by atoms with van der Waals surface area (Å²) < 4.78 is 1.55. The molecule has 5 rings (SSSR count). The number of aromatic nitrogens is 2. The number of carbonyl (C=O) groups excluding carboxylic acids is 1. The quantitative estimate of drug-likeness (QED) is 0.292. The molecule has 0 saturated heterocycles. The maximum absolute atomic E-state index is 13.4. The average Bonchev–Trinajstić information content (AvgIpc) is 2.84. The van der Waals surface area contributed by atoms with Crippen LogP contribution in [0.3, 0.4) is 0 Å². The first-order chi connectivity index (χ1) is 16.0. The van der Waals surface area contributed by atoms with Gasteiger partial charge in [-0.05, 0) is 61.2 Å². The van der Waals surface area contributed by atoms with E-state index in [1.54, 1.807) is 16.7 Å². The third-order valence-electron chi connectivity index (χ3n) is 5.89. The molecule has 1 aromatic heterocycles. The summed E-state index contributed by atoms with van der Waals surface area (Å²) >= 11 is 7.64. The van der Waals surface area contributed by atoms with Crippen molar-refractivity contribution in [3.05, 3.63) is 93.2 Å². The van der Waals surface area contributed by atoms with Crippen molar-refractivity contribution in [1.29, 1.82) is 0 Å². The van der Waals surface area contributed by atoms with E-state index in [2.05, 4.69) is 6.07 Å². The van der Waals surface area contributed by atoms with Crippen LogP contribution >= 0.6 is 23.4 Å². The second-order valence-electron chi connectivity index (χ2n) is 8.05. The Bertz CT molecular complexity index is 1430. The number of benzene rings is 3. The summed E-state index contributed by atoms with van der Waals surface area (Å²) in [5.41, 5.74) is 4.15. The fourth-order valence-electron chi connectivity index (χ4n) is 4.15. The molecule has 0 radical (unpaired) electrons. The number of hydrogen-bond acceptors (Lipinski definition) is 4. The number of fused-ring (bicyclic) bond motifs is 2. The van der Waals surface area contributed by atoms with Gasteiger partial charge in [0.25, 0.3) is 5.56 Å². The van der Waals surface area contributed by atoms with E-state index in [9.17, 15) is 9.59 Å². The minimum Gasteiger partial charge on any atom is -0.311 e. The molecule has 0 fully saturated rings. The van der Waals surface area contributed by atoms with Crippen molar-refractivity contribution in [1.82, 2.24) is 9.55 Å². The van der Waals surface area contributed by atoms with Crippen molar-refractivity contribution in [2.24, 2.45) is 0 Å². The molecule has 0 atom stereocenters. The molecule has 1 aliphatic heterocycles. The van der Waals surface area contributed by atoms with E-state index in [-0.39, 0.29) is 17.2 Å². The van der Waals surface area contributed by atoms with Crippen LogP contribution < -0.4 is 10.5 Å². The zero-order chi connectivity index (χ0) is 22.9. The number of thioether (sulfide) groups is 1. The van der Waals surface area contributed by atoms with E-state index in [0.717, 1.165) is 24.1 Å². The molecule has 0 spiro atoms. The number of hydrogen-bond donors (Lipinski definition) is 0. The average molecular weight is 476 g/mol. The first-order valence-electron chi connectivity index (χ1n) is 10.8. The van der Waals surface area contributed by atoms with E-state index >= 15 is 0 Å². The first-order valence-corrected chi connectivity index (χ1v) is 12.2. The first kappa shape index (κ1) is 21.7. The highest BCUT2D eigenvalue weighted by Crippen LogP contribution is 2.29. The molecular weight excluding hydrogens is 454 g/mol. The van der Waals surface area contributed by atoms with Gasteiger partial charge in [0.05, 0.1) is 22.3 Å². The lowest BCUT2D eigenvalue weighted by Gasteiger charge is -2.29. The molecular formula is C26H22ClN3O2S. The van der Waals surface area contributed by atoms with Crippen LogP contribution in [0.15, 0.2) is 76.7 Å². The fourth-order valence-corrected chi connectivity index (χ4v) is 5.22. The third kappa shape index (κ3) is 4.16. The van der Waals surface area contributed by atoms with Gasteiger partial charge >= 0.3 is 0 Å². The van der Waals surface area contributed by atoms with Gasteiger partial charge in [-0.1, -0.05) is 59.8 Å². The van der Waals surface area contributed by atoms with Gasteiger partial charge in [-0.15, -0.1) is 0 Å². The van der Waals surface area contributed by atoms with Gasteiger partial charge in [0.15, 0.2) is 5.16 Å². The van der Waals surface area contributed by atoms with E-state index in [0.29, 0.717) is 33.3 Å². The van der Waals surface area contributed by atoms with Crippen molar-refractivity contribution >= 4 is 45.9 Å². The smallest absolute Gasteiger partial charge is 0.266 e. The molecule has 0 aliphatic carbocycles. The molecule has 33 heavy (non-hydrogen) atoms. The van der Waals surface area contributed by atoms with Crippen LogP contribution in [0.25, 0.3) is 16.6 Å². The fraction of sp³-hybridized carbons (Fsp3) is 0.192. The van der Waals surface area contributed by atoms with E-state index < -0.39 is 0 Å². The largest absolute Gasteiger partial charge is 0.311 e. The van der Waals surface area contributed by atoms with E-state index in [1.807, 2.05) is 60.4 Å². The number of rotatable bonds is 4. The molecule has 5 nitrogen and oxygen atoms in total. The minimum absolute atomic E-state index is 0.00282. The summed E-state index contributed by atoms with van der Waals surface area (Å²) in [5, 5.41) is 1.57. The summed E-state index contributed by atoms with van der Waals surface area (Å²) in [5.74, 6) is 0.182. The minimum atomic E-state index is -0.182. The van der Waals surface area contributed by atoms with Crippen molar-refractivity contribution in [3.8, 4) is 5.69 Å². The van der Waals surface area contributed by atoms with Crippen LogP contribution in [-0.2, 0) is 11.2 Å². The highest BCUT2D eigenvalue weighted by Gasteiger charge is 2.23. The van der Waals surface area contributed by atoms with Gasteiger partial charge in [0.2, 0.25) is 5.91 Å². The van der Waals surface area contributed by atoms with Crippen LogP contribution in [0.1, 0.15) is 17.5 Å². The Hall–Kier alpha value is -3.09. The molecule has 0 saturated carbocycles. The monoisotopic (exact) mass is 475 g/mol. The summed E-state index contributed by atoms with van der Waals surface area (Å²) in [4.78, 5) is 33.2. The number of carbonyl (C=O) groups is 1. The van der Waals surface area contributed by atoms with Crippen molar-refractivity contribution in [2.75, 3.05) is 17.2 Å². The van der Waals surface area contributed by atoms with Crippen molar-refractivity contribution in [3.63, 3.8) is 0 Å². The Morgan fingerprint density at radius 1 is 1.09 bits per heavy atom. The third-order valence-corrected chi connectivity index (χ3v) is 7.23. The molecule has 7 heteroatoms. The maximum atomic E-state index is 13.4. The Morgan fingerprint density at radius 2 is 1.88 bits per heavy atom. The number of halogens is 1. The normalized spacial score (nSPS) is 13.2.